The molecule has 1 atom stereocenters. The van der Waals surface area contributed by atoms with Gasteiger partial charge in [-0.25, -0.2) is 0 Å². The van der Waals surface area contributed by atoms with Crippen LogP contribution in [0.4, 0.5) is 0 Å². The summed E-state index contributed by atoms with van der Waals surface area (Å²) in [5.74, 6) is 0.540. The first-order valence-electron chi connectivity index (χ1n) is 5.85. The number of fused-ring (bicyclic) bond motifs is 1. The van der Waals surface area contributed by atoms with Crippen molar-refractivity contribution in [3.63, 3.8) is 0 Å². The number of nitrogens with two attached hydrogens (primary N) is 1. The monoisotopic (exact) mass is 216 g/mol. The van der Waals surface area contributed by atoms with Crippen LogP contribution >= 0.6 is 0 Å². The van der Waals surface area contributed by atoms with E-state index in [0.29, 0.717) is 5.92 Å². The van der Waals surface area contributed by atoms with Crippen molar-refractivity contribution in [1.29, 1.82) is 0 Å². The van der Waals surface area contributed by atoms with E-state index in [0.717, 1.165) is 0 Å². The average molecular weight is 216 g/mol. The maximum absolute atomic E-state index is 6.01. The maximum atomic E-state index is 6.01. The molecule has 16 heavy (non-hydrogen) atoms. The topological polar surface area (TPSA) is 30.9 Å². The second-order valence-electron chi connectivity index (χ2n) is 4.88. The number of aryl methyl sites for hydroxylation is 1. The third kappa shape index (κ3) is 1.63. The highest BCUT2D eigenvalue weighted by molar-refractivity contribution is 5.87. The predicted octanol–water partition coefficient (Wildman–Crippen LogP) is 3.32. The Labute approximate surface area is 97.1 Å². The molecule has 86 valence electrons. The van der Waals surface area contributed by atoms with E-state index in [1.54, 1.807) is 0 Å². The van der Waals surface area contributed by atoms with Crippen molar-refractivity contribution in [3.05, 3.63) is 35.5 Å². The van der Waals surface area contributed by atoms with E-state index in [9.17, 15) is 0 Å². The van der Waals surface area contributed by atoms with Gasteiger partial charge in [0.15, 0.2) is 0 Å². The number of rotatable bonds is 2. The van der Waals surface area contributed by atoms with Crippen molar-refractivity contribution in [2.24, 2.45) is 12.8 Å². The van der Waals surface area contributed by atoms with E-state index in [-0.39, 0.29) is 6.04 Å². The molecule has 0 amide bonds. The smallest absolute Gasteiger partial charge is 0.0516 e. The molecule has 2 nitrogen and oxygen atoms in total. The van der Waals surface area contributed by atoms with Gasteiger partial charge in [-0.1, -0.05) is 32.0 Å². The zero-order valence-electron chi connectivity index (χ0n) is 10.5. The van der Waals surface area contributed by atoms with Crippen molar-refractivity contribution < 1.29 is 0 Å². The van der Waals surface area contributed by atoms with Crippen molar-refractivity contribution in [2.75, 3.05) is 0 Å². The van der Waals surface area contributed by atoms with Crippen molar-refractivity contribution >= 4 is 10.9 Å². The first-order chi connectivity index (χ1) is 7.52. The largest absolute Gasteiger partial charge is 0.350 e. The molecule has 0 aliphatic heterocycles. The molecule has 1 unspecified atom stereocenters. The van der Waals surface area contributed by atoms with Gasteiger partial charge in [-0.3, -0.25) is 0 Å². The second kappa shape index (κ2) is 3.95. The van der Waals surface area contributed by atoms with Crippen LogP contribution in [0.25, 0.3) is 10.9 Å². The summed E-state index contributed by atoms with van der Waals surface area (Å²) in [5, 5.41) is 1.30. The summed E-state index contributed by atoms with van der Waals surface area (Å²) in [5.41, 5.74) is 9.96. The molecule has 0 radical (unpaired) electrons. The van der Waals surface area contributed by atoms with Crippen LogP contribution in [0.2, 0.25) is 0 Å². The Balaban J connectivity index is 2.79. The van der Waals surface area contributed by atoms with Crippen LogP contribution in [-0.4, -0.2) is 4.57 Å². The molecule has 0 aliphatic carbocycles. The zero-order valence-corrected chi connectivity index (χ0v) is 10.5. The third-order valence-corrected chi connectivity index (χ3v) is 3.18. The summed E-state index contributed by atoms with van der Waals surface area (Å²) in [6.07, 6.45) is 2.15. The second-order valence-corrected chi connectivity index (χ2v) is 4.88. The lowest BCUT2D eigenvalue weighted by Crippen LogP contribution is -2.03. The zero-order chi connectivity index (χ0) is 11.9. The van der Waals surface area contributed by atoms with E-state index < -0.39 is 0 Å². The fourth-order valence-corrected chi connectivity index (χ4v) is 2.36. The molecule has 1 heterocycles. The van der Waals surface area contributed by atoms with E-state index in [1.165, 1.54) is 22.0 Å². The molecule has 0 saturated carbocycles. The molecule has 2 N–H and O–H groups in total. The van der Waals surface area contributed by atoms with Crippen LogP contribution in [0.3, 0.4) is 0 Å². The normalized spacial score (nSPS) is 13.6. The number of hydrogen-bond acceptors (Lipinski definition) is 1. The minimum atomic E-state index is 0.0890. The number of benzene rings is 1. The Hall–Kier alpha value is -1.28. The number of hydrogen-bond donors (Lipinski definition) is 1. The number of para-hydroxylation sites is 1. The molecular weight excluding hydrogens is 196 g/mol. The molecule has 0 fully saturated rings. The lowest BCUT2D eigenvalue weighted by atomic mass is 9.98. The van der Waals surface area contributed by atoms with Crippen molar-refractivity contribution in [2.45, 2.75) is 32.7 Å². The molecule has 1 aromatic heterocycles. The molecule has 2 aromatic rings. The lowest BCUT2D eigenvalue weighted by Gasteiger charge is -2.09. The van der Waals surface area contributed by atoms with Gasteiger partial charge in [0.05, 0.1) is 5.52 Å². The van der Waals surface area contributed by atoms with Gasteiger partial charge in [0.2, 0.25) is 0 Å². The van der Waals surface area contributed by atoms with Gasteiger partial charge in [-0.05, 0) is 24.0 Å². The summed E-state index contributed by atoms with van der Waals surface area (Å²) in [4.78, 5) is 0. The number of nitrogens with zero attached hydrogens (tertiary/aromatic N) is 1. The third-order valence-electron chi connectivity index (χ3n) is 3.18. The summed E-state index contributed by atoms with van der Waals surface area (Å²) in [6, 6.07) is 6.59. The highest BCUT2D eigenvalue weighted by Crippen LogP contribution is 2.30. The van der Waals surface area contributed by atoms with Gasteiger partial charge < -0.3 is 10.3 Å². The van der Waals surface area contributed by atoms with E-state index >= 15 is 0 Å². The summed E-state index contributed by atoms with van der Waals surface area (Å²) >= 11 is 0. The maximum Gasteiger partial charge on any atom is 0.0516 e. The Kier molecular flexibility index (Phi) is 2.76. The quantitative estimate of drug-likeness (QED) is 0.820. The minimum absolute atomic E-state index is 0.0890. The van der Waals surface area contributed by atoms with E-state index in [1.807, 2.05) is 6.92 Å². The van der Waals surface area contributed by atoms with Gasteiger partial charge in [0, 0.05) is 24.7 Å². The SMILES string of the molecule is CC(C)c1cccc2c(C(C)N)cn(C)c12. The predicted molar refractivity (Wildman–Crippen MR) is 69.6 cm³/mol. The van der Waals surface area contributed by atoms with E-state index in [2.05, 4.69) is 49.9 Å². The van der Waals surface area contributed by atoms with Gasteiger partial charge >= 0.3 is 0 Å². The van der Waals surface area contributed by atoms with Gasteiger partial charge in [0.1, 0.15) is 0 Å². The Morgan fingerprint density at radius 2 is 1.81 bits per heavy atom. The molecule has 1 aromatic carbocycles. The molecule has 0 bridgehead atoms. The van der Waals surface area contributed by atoms with Crippen LogP contribution in [0, 0.1) is 0 Å². The highest BCUT2D eigenvalue weighted by atomic mass is 14.9. The average Bonchev–Trinajstić information content (AvgIpc) is 2.56. The van der Waals surface area contributed by atoms with Crippen LogP contribution < -0.4 is 5.73 Å². The van der Waals surface area contributed by atoms with Crippen LogP contribution in [0.5, 0.6) is 0 Å². The van der Waals surface area contributed by atoms with E-state index in [4.69, 9.17) is 5.73 Å². The summed E-state index contributed by atoms with van der Waals surface area (Å²) in [7, 11) is 2.10. The van der Waals surface area contributed by atoms with Gasteiger partial charge in [0.25, 0.3) is 0 Å². The van der Waals surface area contributed by atoms with Crippen molar-refractivity contribution in [1.82, 2.24) is 4.57 Å². The molecule has 0 spiro atoms. The molecule has 2 heteroatoms. The molecule has 0 saturated heterocycles. The van der Waals surface area contributed by atoms with Gasteiger partial charge in [-0.15, -0.1) is 0 Å². The van der Waals surface area contributed by atoms with Gasteiger partial charge in [-0.2, -0.15) is 0 Å². The fraction of sp³-hybridized carbons (Fsp3) is 0.429. The molecule has 2 rings (SSSR count). The molecular formula is C14H20N2. The Morgan fingerprint density at radius 3 is 2.38 bits per heavy atom. The minimum Gasteiger partial charge on any atom is -0.350 e. The summed E-state index contributed by atoms with van der Waals surface area (Å²) < 4.78 is 2.20. The summed E-state index contributed by atoms with van der Waals surface area (Å²) in [6.45, 7) is 6.50. The first kappa shape index (κ1) is 11.2. The van der Waals surface area contributed by atoms with Crippen LogP contribution in [-0.2, 0) is 7.05 Å². The Morgan fingerprint density at radius 1 is 1.12 bits per heavy atom. The standard InChI is InChI=1S/C14H20N2/c1-9(2)11-6-5-7-12-13(10(3)15)8-16(4)14(11)12/h5-10H,15H2,1-4H3. The highest BCUT2D eigenvalue weighted by Gasteiger charge is 2.13. The van der Waals surface area contributed by atoms with Crippen LogP contribution in [0.1, 0.15) is 43.9 Å². The lowest BCUT2D eigenvalue weighted by molar-refractivity contribution is 0.813. The first-order valence-corrected chi connectivity index (χ1v) is 5.85. The molecule has 0 aliphatic rings. The van der Waals surface area contributed by atoms with Crippen LogP contribution in [0.15, 0.2) is 24.4 Å². The Bertz CT molecular complexity index is 507. The number of aromatic nitrogens is 1. The van der Waals surface area contributed by atoms with Crippen molar-refractivity contribution in [3.8, 4) is 0 Å². The fourth-order valence-electron chi connectivity index (χ4n) is 2.36.